The molecule has 5 N–H and O–H groups in total. The lowest BCUT2D eigenvalue weighted by Gasteiger charge is -2.26. The molecule has 0 aromatic heterocycles. The SMILES string of the molecule is O=CC(NC(=O)c1ccccc1)C(O)C(O)C(O)CO. The molecule has 1 aromatic carbocycles. The first kappa shape index (κ1) is 16.3. The van der Waals surface area contributed by atoms with Crippen LogP contribution in [0.2, 0.25) is 0 Å². The van der Waals surface area contributed by atoms with Crippen LogP contribution in [0.4, 0.5) is 0 Å². The highest BCUT2D eigenvalue weighted by Gasteiger charge is 2.32. The molecule has 110 valence electrons. The fourth-order valence-electron chi connectivity index (χ4n) is 1.57. The Bertz CT molecular complexity index is 438. The third-order valence-electron chi connectivity index (χ3n) is 2.78. The number of carbonyl (C=O) groups excluding carboxylic acids is 2. The van der Waals surface area contributed by atoms with Gasteiger partial charge in [0, 0.05) is 5.56 Å². The molecule has 0 heterocycles. The van der Waals surface area contributed by atoms with Gasteiger partial charge in [0.05, 0.1) is 6.61 Å². The standard InChI is InChI=1S/C13H17NO6/c15-6-9(11(18)12(19)10(17)7-16)14-13(20)8-4-2-1-3-5-8/h1-6,9-12,16-19H,7H2,(H,14,20). The summed E-state index contributed by atoms with van der Waals surface area (Å²) < 4.78 is 0. The number of rotatable bonds is 7. The highest BCUT2D eigenvalue weighted by Crippen LogP contribution is 2.05. The topological polar surface area (TPSA) is 127 Å². The van der Waals surface area contributed by atoms with Gasteiger partial charge in [-0.3, -0.25) is 4.79 Å². The molecular weight excluding hydrogens is 266 g/mol. The Morgan fingerprint density at radius 2 is 1.75 bits per heavy atom. The maximum Gasteiger partial charge on any atom is 0.251 e. The predicted molar refractivity (Wildman–Crippen MR) is 68.9 cm³/mol. The molecule has 0 aliphatic rings. The molecule has 0 saturated carbocycles. The van der Waals surface area contributed by atoms with Crippen molar-refractivity contribution < 1.29 is 30.0 Å². The lowest BCUT2D eigenvalue weighted by molar-refractivity contribution is -0.119. The molecule has 0 aliphatic carbocycles. The van der Waals surface area contributed by atoms with Crippen molar-refractivity contribution in [2.75, 3.05) is 6.61 Å². The van der Waals surface area contributed by atoms with Crippen molar-refractivity contribution in [3.8, 4) is 0 Å². The van der Waals surface area contributed by atoms with Crippen LogP contribution in [-0.2, 0) is 4.79 Å². The summed E-state index contributed by atoms with van der Waals surface area (Å²) in [6.45, 7) is -0.781. The summed E-state index contributed by atoms with van der Waals surface area (Å²) in [7, 11) is 0. The van der Waals surface area contributed by atoms with Crippen molar-refractivity contribution in [2.24, 2.45) is 0 Å². The molecule has 0 spiro atoms. The summed E-state index contributed by atoms with van der Waals surface area (Å²) >= 11 is 0. The maximum atomic E-state index is 11.8. The molecule has 7 nitrogen and oxygen atoms in total. The number of aliphatic hydroxyl groups excluding tert-OH is 4. The Morgan fingerprint density at radius 1 is 1.15 bits per heavy atom. The summed E-state index contributed by atoms with van der Waals surface area (Å²) in [5.41, 5.74) is 0.281. The van der Waals surface area contributed by atoms with Crippen LogP contribution in [0, 0.1) is 0 Å². The molecular formula is C13H17NO6. The predicted octanol–water partition coefficient (Wildman–Crippen LogP) is -1.94. The number of nitrogens with one attached hydrogen (secondary N) is 1. The van der Waals surface area contributed by atoms with E-state index in [4.69, 9.17) is 5.11 Å². The summed E-state index contributed by atoms with van der Waals surface area (Å²) in [5.74, 6) is -0.604. The second-order valence-electron chi connectivity index (χ2n) is 4.23. The van der Waals surface area contributed by atoms with E-state index in [0.717, 1.165) is 0 Å². The van der Waals surface area contributed by atoms with E-state index in [0.29, 0.717) is 0 Å². The van der Waals surface area contributed by atoms with Gasteiger partial charge in [-0.2, -0.15) is 0 Å². The monoisotopic (exact) mass is 283 g/mol. The minimum absolute atomic E-state index is 0.249. The Kier molecular flexibility index (Phi) is 6.26. The Labute approximate surface area is 115 Å². The summed E-state index contributed by atoms with van der Waals surface area (Å²) in [5, 5.41) is 39.3. The first-order valence-corrected chi connectivity index (χ1v) is 5.97. The zero-order chi connectivity index (χ0) is 15.1. The van der Waals surface area contributed by atoms with Gasteiger partial charge in [0.2, 0.25) is 0 Å². The van der Waals surface area contributed by atoms with Crippen LogP contribution in [0.1, 0.15) is 10.4 Å². The van der Waals surface area contributed by atoms with E-state index in [1.807, 2.05) is 0 Å². The highest BCUT2D eigenvalue weighted by atomic mass is 16.4. The van der Waals surface area contributed by atoms with Crippen LogP contribution in [0.25, 0.3) is 0 Å². The lowest BCUT2D eigenvalue weighted by atomic mass is 10.0. The average molecular weight is 283 g/mol. The smallest absolute Gasteiger partial charge is 0.251 e. The average Bonchev–Trinajstić information content (AvgIpc) is 2.50. The number of benzene rings is 1. The molecule has 4 unspecified atom stereocenters. The highest BCUT2D eigenvalue weighted by molar-refractivity contribution is 5.95. The van der Waals surface area contributed by atoms with Crippen LogP contribution in [0.3, 0.4) is 0 Å². The van der Waals surface area contributed by atoms with Crippen LogP contribution in [0.15, 0.2) is 30.3 Å². The molecule has 1 amide bonds. The second-order valence-corrected chi connectivity index (χ2v) is 4.23. The third-order valence-corrected chi connectivity index (χ3v) is 2.78. The minimum atomic E-state index is -1.76. The maximum absolute atomic E-state index is 11.8. The minimum Gasteiger partial charge on any atom is -0.394 e. The molecule has 20 heavy (non-hydrogen) atoms. The quantitative estimate of drug-likeness (QED) is 0.370. The molecule has 4 atom stereocenters. The summed E-state index contributed by atoms with van der Waals surface area (Å²) in [6.07, 6.45) is -4.85. The van der Waals surface area contributed by atoms with Crippen LogP contribution in [0.5, 0.6) is 0 Å². The Morgan fingerprint density at radius 3 is 2.25 bits per heavy atom. The van der Waals surface area contributed by atoms with E-state index < -0.39 is 36.9 Å². The fourth-order valence-corrected chi connectivity index (χ4v) is 1.57. The Hall–Kier alpha value is -1.80. The van der Waals surface area contributed by atoms with E-state index in [1.54, 1.807) is 18.2 Å². The van der Waals surface area contributed by atoms with Crippen molar-refractivity contribution in [1.82, 2.24) is 5.32 Å². The number of aldehydes is 1. The normalized spacial score (nSPS) is 16.8. The van der Waals surface area contributed by atoms with Gasteiger partial charge in [-0.1, -0.05) is 18.2 Å². The summed E-state index contributed by atoms with van der Waals surface area (Å²) in [4.78, 5) is 22.7. The zero-order valence-electron chi connectivity index (χ0n) is 10.6. The molecule has 0 bridgehead atoms. The van der Waals surface area contributed by atoms with Gasteiger partial charge >= 0.3 is 0 Å². The third kappa shape index (κ3) is 4.10. The van der Waals surface area contributed by atoms with Crippen molar-refractivity contribution >= 4 is 12.2 Å². The molecule has 0 radical (unpaired) electrons. The van der Waals surface area contributed by atoms with E-state index >= 15 is 0 Å². The molecule has 0 fully saturated rings. The second kappa shape index (κ2) is 7.71. The Balaban J connectivity index is 2.72. The van der Waals surface area contributed by atoms with Crippen LogP contribution in [-0.4, -0.2) is 63.6 Å². The number of hydrogen-bond acceptors (Lipinski definition) is 6. The van der Waals surface area contributed by atoms with Crippen LogP contribution < -0.4 is 5.32 Å². The molecule has 0 saturated heterocycles. The van der Waals surface area contributed by atoms with Gasteiger partial charge < -0.3 is 30.5 Å². The van der Waals surface area contributed by atoms with Crippen molar-refractivity contribution in [1.29, 1.82) is 0 Å². The van der Waals surface area contributed by atoms with Gasteiger partial charge in [0.25, 0.3) is 5.91 Å². The first-order valence-electron chi connectivity index (χ1n) is 5.97. The van der Waals surface area contributed by atoms with Crippen molar-refractivity contribution in [3.05, 3.63) is 35.9 Å². The zero-order valence-corrected chi connectivity index (χ0v) is 10.6. The molecule has 1 rings (SSSR count). The molecule has 7 heteroatoms. The van der Waals surface area contributed by atoms with E-state index in [-0.39, 0.29) is 11.8 Å². The van der Waals surface area contributed by atoms with Gasteiger partial charge in [-0.15, -0.1) is 0 Å². The lowest BCUT2D eigenvalue weighted by Crippen LogP contribution is -2.53. The van der Waals surface area contributed by atoms with Gasteiger partial charge in [0.1, 0.15) is 30.6 Å². The van der Waals surface area contributed by atoms with Gasteiger partial charge in [0.15, 0.2) is 0 Å². The largest absolute Gasteiger partial charge is 0.394 e. The van der Waals surface area contributed by atoms with Crippen molar-refractivity contribution in [2.45, 2.75) is 24.4 Å². The van der Waals surface area contributed by atoms with E-state index in [9.17, 15) is 24.9 Å². The van der Waals surface area contributed by atoms with Crippen LogP contribution >= 0.6 is 0 Å². The molecule has 1 aromatic rings. The molecule has 0 aliphatic heterocycles. The first-order chi connectivity index (χ1) is 9.51. The van der Waals surface area contributed by atoms with E-state index in [1.165, 1.54) is 12.1 Å². The number of carbonyl (C=O) groups is 2. The van der Waals surface area contributed by atoms with Gasteiger partial charge in [-0.25, -0.2) is 0 Å². The number of hydrogen-bond donors (Lipinski definition) is 5. The van der Waals surface area contributed by atoms with Crippen molar-refractivity contribution in [3.63, 3.8) is 0 Å². The fraction of sp³-hybridized carbons (Fsp3) is 0.385. The number of amides is 1. The van der Waals surface area contributed by atoms with E-state index in [2.05, 4.69) is 5.32 Å². The number of aliphatic hydroxyl groups is 4. The van der Waals surface area contributed by atoms with Gasteiger partial charge in [-0.05, 0) is 12.1 Å². The summed E-state index contributed by atoms with van der Waals surface area (Å²) in [6, 6.07) is 6.60.